The summed E-state index contributed by atoms with van der Waals surface area (Å²) in [4.78, 5) is 0. The van der Waals surface area contributed by atoms with E-state index in [4.69, 9.17) is 4.74 Å². The molecule has 88 valence electrons. The molecule has 1 atom stereocenters. The molecule has 0 aliphatic heterocycles. The highest BCUT2D eigenvalue weighted by Gasteiger charge is 1.99. The Balaban J connectivity index is 2.42. The Bertz CT molecular complexity index is 325. The number of benzene rings is 1. The Morgan fingerprint density at radius 3 is 2.50 bits per heavy atom. The summed E-state index contributed by atoms with van der Waals surface area (Å²) in [6.45, 7) is 8.28. The average molecular weight is 220 g/mol. The Hall–Kier alpha value is -1.28. The topological polar surface area (TPSA) is 29.5 Å². The zero-order valence-corrected chi connectivity index (χ0v) is 10.1. The molecule has 0 saturated carbocycles. The summed E-state index contributed by atoms with van der Waals surface area (Å²) in [7, 11) is 0. The van der Waals surface area contributed by atoms with Gasteiger partial charge in [-0.2, -0.15) is 0 Å². The molecular weight excluding hydrogens is 200 g/mol. The van der Waals surface area contributed by atoms with Crippen molar-refractivity contribution in [2.75, 3.05) is 6.61 Å². The third-order valence-corrected chi connectivity index (χ3v) is 2.25. The highest BCUT2D eigenvalue weighted by Crippen LogP contribution is 2.14. The Morgan fingerprint density at radius 2 is 2.00 bits per heavy atom. The minimum Gasteiger partial charge on any atom is -0.493 e. The van der Waals surface area contributed by atoms with Crippen LogP contribution in [0.5, 0.6) is 5.75 Å². The van der Waals surface area contributed by atoms with Crippen LogP contribution in [0.4, 0.5) is 0 Å². The van der Waals surface area contributed by atoms with Gasteiger partial charge in [-0.15, -0.1) is 6.58 Å². The third kappa shape index (κ3) is 4.99. The number of hydrogen-bond donors (Lipinski definition) is 1. The molecule has 16 heavy (non-hydrogen) atoms. The lowest BCUT2D eigenvalue weighted by Gasteiger charge is -2.08. The molecule has 0 aliphatic rings. The van der Waals surface area contributed by atoms with Crippen molar-refractivity contribution in [3.05, 3.63) is 42.0 Å². The predicted octanol–water partition coefficient (Wildman–Crippen LogP) is 2.95. The number of hydrogen-bond acceptors (Lipinski definition) is 2. The molecule has 0 radical (unpaired) electrons. The van der Waals surface area contributed by atoms with Gasteiger partial charge in [-0.3, -0.25) is 0 Å². The van der Waals surface area contributed by atoms with E-state index in [0.717, 1.165) is 23.3 Å². The van der Waals surface area contributed by atoms with E-state index >= 15 is 0 Å². The molecule has 0 saturated heterocycles. The second kappa shape index (κ2) is 6.33. The molecule has 0 amide bonds. The van der Waals surface area contributed by atoms with Gasteiger partial charge in [0.15, 0.2) is 0 Å². The first-order valence-electron chi connectivity index (χ1n) is 5.62. The second-order valence-electron chi connectivity index (χ2n) is 4.25. The van der Waals surface area contributed by atoms with Gasteiger partial charge < -0.3 is 9.84 Å². The summed E-state index contributed by atoms with van der Waals surface area (Å²) in [5.41, 5.74) is 2.26. The van der Waals surface area contributed by atoms with Crippen LogP contribution in [0.15, 0.2) is 36.4 Å². The lowest BCUT2D eigenvalue weighted by atomic mass is 10.1. The van der Waals surface area contributed by atoms with Crippen molar-refractivity contribution in [1.82, 2.24) is 0 Å². The van der Waals surface area contributed by atoms with Gasteiger partial charge >= 0.3 is 0 Å². The quantitative estimate of drug-likeness (QED) is 0.747. The Kier molecular flexibility index (Phi) is 5.06. The molecular formula is C14H20O2. The maximum atomic E-state index is 9.24. The first-order chi connectivity index (χ1) is 7.58. The van der Waals surface area contributed by atoms with Crippen LogP contribution in [-0.2, 0) is 6.42 Å². The summed E-state index contributed by atoms with van der Waals surface area (Å²) in [6, 6.07) is 7.86. The van der Waals surface area contributed by atoms with Gasteiger partial charge in [0.25, 0.3) is 0 Å². The summed E-state index contributed by atoms with van der Waals surface area (Å²) < 4.78 is 5.55. The molecule has 0 heterocycles. The van der Waals surface area contributed by atoms with Gasteiger partial charge in [-0.05, 0) is 38.0 Å². The van der Waals surface area contributed by atoms with Crippen LogP contribution in [0.3, 0.4) is 0 Å². The van der Waals surface area contributed by atoms with E-state index in [2.05, 4.69) is 6.58 Å². The first kappa shape index (κ1) is 12.8. The molecule has 1 N–H and O–H groups in total. The summed E-state index contributed by atoms with van der Waals surface area (Å²) >= 11 is 0. The average Bonchev–Trinajstić information content (AvgIpc) is 2.19. The molecule has 1 unspecified atom stereocenters. The highest BCUT2D eigenvalue weighted by molar-refractivity contribution is 5.27. The van der Waals surface area contributed by atoms with Crippen molar-refractivity contribution >= 4 is 0 Å². The van der Waals surface area contributed by atoms with E-state index in [0.29, 0.717) is 13.0 Å². The largest absolute Gasteiger partial charge is 0.493 e. The zero-order chi connectivity index (χ0) is 12.0. The van der Waals surface area contributed by atoms with Crippen LogP contribution in [0, 0.1) is 0 Å². The Morgan fingerprint density at radius 1 is 1.38 bits per heavy atom. The monoisotopic (exact) mass is 220 g/mol. The van der Waals surface area contributed by atoms with Crippen LogP contribution < -0.4 is 4.74 Å². The molecule has 1 aromatic carbocycles. The molecule has 1 rings (SSSR count). The standard InChI is InChI=1S/C14H20O2/c1-11(2)8-9-16-14-6-4-13(5-7-14)10-12(3)15/h4-7,12,15H,1,8-10H2,2-3H3. The van der Waals surface area contributed by atoms with Crippen molar-refractivity contribution in [3.63, 3.8) is 0 Å². The minimum atomic E-state index is -0.296. The fraction of sp³-hybridized carbons (Fsp3) is 0.429. The zero-order valence-electron chi connectivity index (χ0n) is 10.1. The van der Waals surface area contributed by atoms with Gasteiger partial charge in [0, 0.05) is 6.42 Å². The number of aliphatic hydroxyl groups is 1. The van der Waals surface area contributed by atoms with E-state index in [-0.39, 0.29) is 6.10 Å². The fourth-order valence-corrected chi connectivity index (χ4v) is 1.41. The van der Waals surface area contributed by atoms with Crippen LogP contribution >= 0.6 is 0 Å². The lowest BCUT2D eigenvalue weighted by molar-refractivity contribution is 0.195. The van der Waals surface area contributed by atoms with E-state index < -0.39 is 0 Å². The smallest absolute Gasteiger partial charge is 0.119 e. The van der Waals surface area contributed by atoms with E-state index in [1.807, 2.05) is 31.2 Å². The second-order valence-corrected chi connectivity index (χ2v) is 4.25. The SMILES string of the molecule is C=C(C)CCOc1ccc(CC(C)O)cc1. The molecule has 0 aliphatic carbocycles. The number of ether oxygens (including phenoxy) is 1. The van der Waals surface area contributed by atoms with Crippen LogP contribution in [0.1, 0.15) is 25.8 Å². The predicted molar refractivity (Wildman–Crippen MR) is 66.8 cm³/mol. The molecule has 0 spiro atoms. The van der Waals surface area contributed by atoms with Crippen LogP contribution in [-0.4, -0.2) is 17.8 Å². The molecule has 0 aromatic heterocycles. The molecule has 2 nitrogen and oxygen atoms in total. The van der Waals surface area contributed by atoms with Crippen LogP contribution in [0.25, 0.3) is 0 Å². The maximum Gasteiger partial charge on any atom is 0.119 e. The first-order valence-corrected chi connectivity index (χ1v) is 5.62. The van der Waals surface area contributed by atoms with Gasteiger partial charge in [0.1, 0.15) is 5.75 Å². The molecule has 2 heteroatoms. The van der Waals surface area contributed by atoms with Crippen molar-refractivity contribution in [2.24, 2.45) is 0 Å². The lowest BCUT2D eigenvalue weighted by Crippen LogP contribution is -2.04. The van der Waals surface area contributed by atoms with E-state index in [1.165, 1.54) is 0 Å². The molecule has 0 fully saturated rings. The summed E-state index contributed by atoms with van der Waals surface area (Å²) in [5.74, 6) is 0.871. The van der Waals surface area contributed by atoms with Gasteiger partial charge in [0.2, 0.25) is 0 Å². The maximum absolute atomic E-state index is 9.24. The third-order valence-electron chi connectivity index (χ3n) is 2.25. The van der Waals surface area contributed by atoms with Crippen molar-refractivity contribution in [1.29, 1.82) is 0 Å². The van der Waals surface area contributed by atoms with Crippen LogP contribution in [0.2, 0.25) is 0 Å². The Labute approximate surface area is 97.6 Å². The van der Waals surface area contributed by atoms with Gasteiger partial charge in [0.05, 0.1) is 12.7 Å². The van der Waals surface area contributed by atoms with Crippen molar-refractivity contribution < 1.29 is 9.84 Å². The normalized spacial score (nSPS) is 12.2. The summed E-state index contributed by atoms with van der Waals surface area (Å²) in [6.07, 6.45) is 1.27. The van der Waals surface area contributed by atoms with E-state index in [9.17, 15) is 5.11 Å². The van der Waals surface area contributed by atoms with Gasteiger partial charge in [-0.1, -0.05) is 17.7 Å². The summed E-state index contributed by atoms with van der Waals surface area (Å²) in [5, 5.41) is 9.24. The van der Waals surface area contributed by atoms with Crippen molar-refractivity contribution in [2.45, 2.75) is 32.8 Å². The molecule has 1 aromatic rings. The van der Waals surface area contributed by atoms with Crippen molar-refractivity contribution in [3.8, 4) is 5.75 Å². The van der Waals surface area contributed by atoms with E-state index in [1.54, 1.807) is 6.92 Å². The van der Waals surface area contributed by atoms with Gasteiger partial charge in [-0.25, -0.2) is 0 Å². The number of aliphatic hydroxyl groups excluding tert-OH is 1. The number of rotatable bonds is 6. The highest BCUT2D eigenvalue weighted by atomic mass is 16.5. The fourth-order valence-electron chi connectivity index (χ4n) is 1.41. The molecule has 0 bridgehead atoms. The minimum absolute atomic E-state index is 0.296.